The second-order valence-corrected chi connectivity index (χ2v) is 7.29. The number of aromatic nitrogens is 5. The number of aliphatic hydroxyl groups excluding tert-OH is 1. The molecule has 0 saturated heterocycles. The monoisotopic (exact) mass is 387 g/mol. The highest BCUT2D eigenvalue weighted by atomic mass is 16.6. The van der Waals surface area contributed by atoms with Crippen molar-refractivity contribution in [3.63, 3.8) is 0 Å². The van der Waals surface area contributed by atoms with Gasteiger partial charge in [0.1, 0.15) is 12.0 Å². The number of ether oxygens (including phenoxy) is 1. The summed E-state index contributed by atoms with van der Waals surface area (Å²) in [6.07, 6.45) is 2.56. The number of hydrogen-bond acceptors (Lipinski definition) is 6. The molecule has 0 fully saturated rings. The Hall–Kier alpha value is -3.32. The largest absolute Gasteiger partial charge is 0.448 e. The van der Waals surface area contributed by atoms with Crippen molar-refractivity contribution in [1.82, 2.24) is 24.7 Å². The Morgan fingerprint density at radius 3 is 2.90 bits per heavy atom. The second-order valence-electron chi connectivity index (χ2n) is 7.29. The van der Waals surface area contributed by atoms with Crippen LogP contribution in [0, 0.1) is 6.92 Å². The topological polar surface area (TPSA) is 86.0 Å². The summed E-state index contributed by atoms with van der Waals surface area (Å²) in [6.45, 7) is 4.46. The molecule has 0 aliphatic carbocycles. The van der Waals surface area contributed by atoms with Gasteiger partial charge in [-0.2, -0.15) is 5.10 Å². The number of aliphatic hydroxyl groups is 1. The number of rotatable bonds is 4. The molecule has 29 heavy (non-hydrogen) atoms. The predicted octanol–water partition coefficient (Wildman–Crippen LogP) is 3.53. The molecule has 1 N–H and O–H groups in total. The zero-order valence-electron chi connectivity index (χ0n) is 16.3. The quantitative estimate of drug-likeness (QED) is 0.539. The minimum atomic E-state index is -0.954. The van der Waals surface area contributed by atoms with Gasteiger partial charge in [0.2, 0.25) is 5.88 Å². The van der Waals surface area contributed by atoms with E-state index in [2.05, 4.69) is 20.7 Å². The van der Waals surface area contributed by atoms with E-state index >= 15 is 0 Å². The van der Waals surface area contributed by atoms with Gasteiger partial charge in [0.05, 0.1) is 16.6 Å². The highest BCUT2D eigenvalue weighted by Gasteiger charge is 2.25. The van der Waals surface area contributed by atoms with E-state index in [4.69, 9.17) is 14.8 Å². The summed E-state index contributed by atoms with van der Waals surface area (Å²) < 4.78 is 7.59. The lowest BCUT2D eigenvalue weighted by molar-refractivity contribution is -0.00248. The van der Waals surface area contributed by atoms with Crippen LogP contribution in [0.3, 0.4) is 0 Å². The minimum absolute atomic E-state index is 0.367. The predicted molar refractivity (Wildman–Crippen MR) is 109 cm³/mol. The number of pyridine rings is 1. The molecule has 0 amide bonds. The van der Waals surface area contributed by atoms with Gasteiger partial charge in [-0.05, 0) is 56.5 Å². The first-order valence-corrected chi connectivity index (χ1v) is 9.74. The summed E-state index contributed by atoms with van der Waals surface area (Å²) in [6, 6.07) is 12.0. The molecule has 1 unspecified atom stereocenters. The minimum Gasteiger partial charge on any atom is -0.448 e. The second kappa shape index (κ2) is 6.93. The van der Waals surface area contributed by atoms with Crippen LogP contribution < -0.4 is 4.74 Å². The third-order valence-corrected chi connectivity index (χ3v) is 5.14. The van der Waals surface area contributed by atoms with Gasteiger partial charge in [-0.3, -0.25) is 9.67 Å². The van der Waals surface area contributed by atoms with E-state index in [1.807, 2.05) is 37.3 Å². The third kappa shape index (κ3) is 3.13. The SMILES string of the molecule is Cc1cccc(-c2nn3c(c2-c2ccc4ncnc(OC(C)O)c4c2)CCC3)n1. The first-order chi connectivity index (χ1) is 14.1. The van der Waals surface area contributed by atoms with Crippen LogP contribution in [0.15, 0.2) is 42.7 Å². The average Bonchev–Trinajstić information content (AvgIpc) is 3.29. The molecular formula is C22H21N5O2. The Balaban J connectivity index is 1.72. The fourth-order valence-corrected chi connectivity index (χ4v) is 3.93. The summed E-state index contributed by atoms with van der Waals surface area (Å²) in [5, 5.41) is 15.3. The van der Waals surface area contributed by atoms with Gasteiger partial charge in [-0.15, -0.1) is 0 Å². The molecule has 0 bridgehead atoms. The van der Waals surface area contributed by atoms with Crippen molar-refractivity contribution < 1.29 is 9.84 Å². The molecule has 146 valence electrons. The Kier molecular flexibility index (Phi) is 4.24. The van der Waals surface area contributed by atoms with E-state index < -0.39 is 6.29 Å². The molecule has 0 radical (unpaired) electrons. The van der Waals surface area contributed by atoms with E-state index in [1.165, 1.54) is 12.0 Å². The van der Waals surface area contributed by atoms with Gasteiger partial charge in [-0.1, -0.05) is 12.1 Å². The smallest absolute Gasteiger partial charge is 0.226 e. The fraction of sp³-hybridized carbons (Fsp3) is 0.273. The first kappa shape index (κ1) is 17.8. The lowest BCUT2D eigenvalue weighted by Gasteiger charge is -2.11. The molecule has 5 rings (SSSR count). The molecule has 4 heterocycles. The Morgan fingerprint density at radius 2 is 2.07 bits per heavy atom. The summed E-state index contributed by atoms with van der Waals surface area (Å²) >= 11 is 0. The van der Waals surface area contributed by atoms with Crippen LogP contribution >= 0.6 is 0 Å². The van der Waals surface area contributed by atoms with Crippen molar-refractivity contribution in [2.24, 2.45) is 0 Å². The number of aryl methyl sites for hydroxylation is 2. The standard InChI is InChI=1S/C22H21N5O2/c1-13-5-3-6-18(25-13)21-20(19-7-4-10-27(19)26-21)15-8-9-17-16(11-15)22(24-12-23-17)29-14(2)28/h3,5-6,8-9,11-12,14,28H,4,7,10H2,1-2H3. The number of hydrogen-bond donors (Lipinski definition) is 1. The number of benzene rings is 1. The van der Waals surface area contributed by atoms with Crippen LogP contribution in [0.1, 0.15) is 24.7 Å². The van der Waals surface area contributed by atoms with Crippen molar-refractivity contribution in [3.05, 3.63) is 54.1 Å². The molecule has 7 heteroatoms. The molecule has 1 aliphatic rings. The maximum atomic E-state index is 9.66. The van der Waals surface area contributed by atoms with Crippen LogP contribution in [0.25, 0.3) is 33.4 Å². The molecule has 0 saturated carbocycles. The normalized spacial score (nSPS) is 14.2. The van der Waals surface area contributed by atoms with E-state index in [0.29, 0.717) is 5.88 Å². The highest BCUT2D eigenvalue weighted by Crippen LogP contribution is 2.38. The van der Waals surface area contributed by atoms with Gasteiger partial charge < -0.3 is 9.84 Å². The van der Waals surface area contributed by atoms with Crippen molar-refractivity contribution in [1.29, 1.82) is 0 Å². The van der Waals surface area contributed by atoms with Crippen LogP contribution in [-0.2, 0) is 13.0 Å². The van der Waals surface area contributed by atoms with Crippen molar-refractivity contribution in [2.45, 2.75) is 39.5 Å². The molecule has 0 spiro atoms. The average molecular weight is 387 g/mol. The maximum absolute atomic E-state index is 9.66. The molecule has 3 aromatic heterocycles. The third-order valence-electron chi connectivity index (χ3n) is 5.14. The van der Waals surface area contributed by atoms with Crippen LogP contribution in [0.5, 0.6) is 5.88 Å². The van der Waals surface area contributed by atoms with Gasteiger partial charge in [0.25, 0.3) is 0 Å². The van der Waals surface area contributed by atoms with Crippen molar-refractivity contribution in [2.75, 3.05) is 0 Å². The van der Waals surface area contributed by atoms with E-state index in [9.17, 15) is 5.11 Å². The zero-order chi connectivity index (χ0) is 20.0. The number of nitrogens with zero attached hydrogens (tertiary/aromatic N) is 5. The highest BCUT2D eigenvalue weighted by molar-refractivity contribution is 5.91. The van der Waals surface area contributed by atoms with Crippen LogP contribution in [0.2, 0.25) is 0 Å². The summed E-state index contributed by atoms with van der Waals surface area (Å²) in [5.41, 5.74) is 6.81. The molecule has 4 aromatic rings. The van der Waals surface area contributed by atoms with E-state index in [0.717, 1.165) is 58.5 Å². The van der Waals surface area contributed by atoms with Gasteiger partial charge in [-0.25, -0.2) is 9.97 Å². The van der Waals surface area contributed by atoms with E-state index in [-0.39, 0.29) is 0 Å². The molecule has 1 aliphatic heterocycles. The fourth-order valence-electron chi connectivity index (χ4n) is 3.93. The lowest BCUT2D eigenvalue weighted by atomic mass is 9.98. The Labute approximate surface area is 168 Å². The maximum Gasteiger partial charge on any atom is 0.226 e. The molecule has 1 atom stereocenters. The molecular weight excluding hydrogens is 366 g/mol. The number of fused-ring (bicyclic) bond motifs is 2. The van der Waals surface area contributed by atoms with Crippen LogP contribution in [0.4, 0.5) is 0 Å². The van der Waals surface area contributed by atoms with Crippen molar-refractivity contribution >= 4 is 10.9 Å². The van der Waals surface area contributed by atoms with E-state index in [1.54, 1.807) is 6.92 Å². The summed E-state index contributed by atoms with van der Waals surface area (Å²) in [4.78, 5) is 13.2. The van der Waals surface area contributed by atoms with Crippen LogP contribution in [-0.4, -0.2) is 36.1 Å². The van der Waals surface area contributed by atoms with Crippen molar-refractivity contribution in [3.8, 4) is 28.4 Å². The Bertz CT molecular complexity index is 1220. The zero-order valence-corrected chi connectivity index (χ0v) is 16.3. The Morgan fingerprint density at radius 1 is 1.17 bits per heavy atom. The first-order valence-electron chi connectivity index (χ1n) is 9.74. The lowest BCUT2D eigenvalue weighted by Crippen LogP contribution is -2.11. The summed E-state index contributed by atoms with van der Waals surface area (Å²) in [7, 11) is 0. The van der Waals surface area contributed by atoms with Gasteiger partial charge in [0.15, 0.2) is 6.29 Å². The molecule has 1 aromatic carbocycles. The molecule has 7 nitrogen and oxygen atoms in total. The van der Waals surface area contributed by atoms with Gasteiger partial charge in [0, 0.05) is 23.5 Å². The van der Waals surface area contributed by atoms with Gasteiger partial charge >= 0.3 is 0 Å². The summed E-state index contributed by atoms with van der Waals surface area (Å²) in [5.74, 6) is 0.367.